The SMILES string of the molecule is FC(F)C1CCNc2nc(C(F)(F)F)nn21. The fourth-order valence-electron chi connectivity index (χ4n) is 1.48. The van der Waals surface area contributed by atoms with Crippen molar-refractivity contribution < 1.29 is 22.0 Å². The molecule has 1 aromatic rings. The number of fused-ring (bicyclic) bond motifs is 1. The van der Waals surface area contributed by atoms with Crippen molar-refractivity contribution in [1.82, 2.24) is 14.8 Å². The van der Waals surface area contributed by atoms with E-state index in [4.69, 9.17) is 0 Å². The third kappa shape index (κ3) is 1.81. The van der Waals surface area contributed by atoms with Gasteiger partial charge in [0.2, 0.25) is 5.95 Å². The van der Waals surface area contributed by atoms with E-state index in [0.29, 0.717) is 4.68 Å². The molecule has 2 heterocycles. The van der Waals surface area contributed by atoms with Gasteiger partial charge in [-0.1, -0.05) is 0 Å². The number of anilines is 1. The number of nitrogens with zero attached hydrogens (tertiary/aromatic N) is 3. The summed E-state index contributed by atoms with van der Waals surface area (Å²) >= 11 is 0. The van der Waals surface area contributed by atoms with Crippen LogP contribution in [0.15, 0.2) is 0 Å². The van der Waals surface area contributed by atoms with Gasteiger partial charge >= 0.3 is 6.18 Å². The molecule has 1 aromatic heterocycles. The van der Waals surface area contributed by atoms with E-state index in [1.807, 2.05) is 0 Å². The predicted molar refractivity (Wildman–Crippen MR) is 43.2 cm³/mol. The summed E-state index contributed by atoms with van der Waals surface area (Å²) in [4.78, 5) is 3.14. The van der Waals surface area contributed by atoms with Gasteiger partial charge in [-0.3, -0.25) is 0 Å². The Hall–Kier alpha value is -1.41. The highest BCUT2D eigenvalue weighted by molar-refractivity contribution is 5.28. The lowest BCUT2D eigenvalue weighted by molar-refractivity contribution is -0.145. The standard InChI is InChI=1S/C7H7F5N4/c8-4(9)3-1-2-13-6-14-5(7(10,11)12)15-16(3)6/h3-4H,1-2H2,(H,13,14,15). The van der Waals surface area contributed by atoms with Crippen LogP contribution in [0.5, 0.6) is 0 Å². The number of aromatic nitrogens is 3. The van der Waals surface area contributed by atoms with Gasteiger partial charge < -0.3 is 5.32 Å². The number of nitrogens with one attached hydrogen (secondary N) is 1. The topological polar surface area (TPSA) is 42.7 Å². The normalized spacial score (nSPS) is 20.8. The van der Waals surface area contributed by atoms with Gasteiger partial charge in [-0.15, -0.1) is 5.10 Å². The minimum absolute atomic E-state index is 0.0192. The van der Waals surface area contributed by atoms with Crippen LogP contribution in [-0.2, 0) is 6.18 Å². The molecule has 1 atom stereocenters. The molecular formula is C7H7F5N4. The molecule has 9 heteroatoms. The minimum Gasteiger partial charge on any atom is -0.354 e. The summed E-state index contributed by atoms with van der Waals surface area (Å²) in [5.74, 6) is -1.66. The summed E-state index contributed by atoms with van der Waals surface area (Å²) in [6.07, 6.45) is -7.46. The van der Waals surface area contributed by atoms with E-state index in [2.05, 4.69) is 15.4 Å². The molecule has 0 fully saturated rings. The molecule has 1 aliphatic rings. The molecule has 0 amide bonds. The fourth-order valence-corrected chi connectivity index (χ4v) is 1.48. The largest absolute Gasteiger partial charge is 0.453 e. The average molecular weight is 242 g/mol. The first-order valence-corrected chi connectivity index (χ1v) is 4.45. The number of hydrogen-bond donors (Lipinski definition) is 1. The molecule has 0 radical (unpaired) electrons. The maximum absolute atomic E-state index is 12.5. The second-order valence-electron chi connectivity index (χ2n) is 3.32. The van der Waals surface area contributed by atoms with Crippen molar-refractivity contribution in [1.29, 1.82) is 0 Å². The Morgan fingerprint density at radius 2 is 2.06 bits per heavy atom. The van der Waals surface area contributed by atoms with E-state index < -0.39 is 24.5 Å². The molecule has 0 saturated heterocycles. The fraction of sp³-hybridized carbons (Fsp3) is 0.714. The second-order valence-corrected chi connectivity index (χ2v) is 3.32. The first kappa shape index (κ1) is 11.1. The Kier molecular flexibility index (Phi) is 2.47. The summed E-state index contributed by atoms with van der Waals surface area (Å²) in [7, 11) is 0. The molecular weight excluding hydrogens is 235 g/mol. The van der Waals surface area contributed by atoms with E-state index in [0.717, 1.165) is 0 Å². The number of hydrogen-bond acceptors (Lipinski definition) is 3. The van der Waals surface area contributed by atoms with Crippen molar-refractivity contribution in [3.05, 3.63) is 5.82 Å². The number of rotatable bonds is 1. The van der Waals surface area contributed by atoms with Gasteiger partial charge in [-0.05, 0) is 6.42 Å². The van der Waals surface area contributed by atoms with Crippen LogP contribution in [-0.4, -0.2) is 27.7 Å². The van der Waals surface area contributed by atoms with Crippen LogP contribution in [0.2, 0.25) is 0 Å². The van der Waals surface area contributed by atoms with E-state index in [9.17, 15) is 22.0 Å². The Balaban J connectivity index is 2.38. The van der Waals surface area contributed by atoms with Crippen LogP contribution in [0.3, 0.4) is 0 Å². The first-order valence-electron chi connectivity index (χ1n) is 4.45. The Morgan fingerprint density at radius 1 is 1.38 bits per heavy atom. The zero-order chi connectivity index (χ0) is 11.9. The zero-order valence-electron chi connectivity index (χ0n) is 7.80. The van der Waals surface area contributed by atoms with Crippen molar-refractivity contribution in [2.45, 2.75) is 25.1 Å². The van der Waals surface area contributed by atoms with Gasteiger partial charge in [0.25, 0.3) is 12.2 Å². The quantitative estimate of drug-likeness (QED) is 0.765. The zero-order valence-corrected chi connectivity index (χ0v) is 7.80. The van der Waals surface area contributed by atoms with Crippen LogP contribution in [0.1, 0.15) is 18.3 Å². The monoisotopic (exact) mass is 242 g/mol. The van der Waals surface area contributed by atoms with E-state index in [1.165, 1.54) is 0 Å². The average Bonchev–Trinajstić information content (AvgIpc) is 2.59. The first-order chi connectivity index (χ1) is 7.39. The lowest BCUT2D eigenvalue weighted by Gasteiger charge is -2.23. The van der Waals surface area contributed by atoms with Gasteiger partial charge in [-0.25, -0.2) is 13.5 Å². The summed E-state index contributed by atoms with van der Waals surface area (Å²) in [5, 5.41) is 5.56. The highest BCUT2D eigenvalue weighted by Gasteiger charge is 2.39. The molecule has 0 bridgehead atoms. The molecule has 4 nitrogen and oxygen atoms in total. The molecule has 16 heavy (non-hydrogen) atoms. The minimum atomic E-state index is -4.72. The molecule has 0 spiro atoms. The van der Waals surface area contributed by atoms with Gasteiger partial charge in [0.15, 0.2) is 0 Å². The molecule has 1 aliphatic heterocycles. The van der Waals surface area contributed by atoms with E-state index in [-0.39, 0.29) is 18.9 Å². The summed E-state index contributed by atoms with van der Waals surface area (Å²) in [5.41, 5.74) is 0. The highest BCUT2D eigenvalue weighted by Crippen LogP contribution is 2.32. The highest BCUT2D eigenvalue weighted by atomic mass is 19.4. The third-order valence-electron chi connectivity index (χ3n) is 2.21. The number of alkyl halides is 5. The predicted octanol–water partition coefficient (Wildman–Crippen LogP) is 1.92. The van der Waals surface area contributed by atoms with Gasteiger partial charge in [0.1, 0.15) is 6.04 Å². The molecule has 1 N–H and O–H groups in total. The summed E-state index contributed by atoms with van der Waals surface area (Å²) in [6, 6.07) is -1.35. The van der Waals surface area contributed by atoms with Crippen LogP contribution >= 0.6 is 0 Å². The Morgan fingerprint density at radius 3 is 2.62 bits per heavy atom. The number of halogens is 5. The van der Waals surface area contributed by atoms with Crippen molar-refractivity contribution in [2.24, 2.45) is 0 Å². The van der Waals surface area contributed by atoms with Crippen molar-refractivity contribution in [2.75, 3.05) is 11.9 Å². The smallest absolute Gasteiger partial charge is 0.354 e. The van der Waals surface area contributed by atoms with Gasteiger partial charge in [0, 0.05) is 6.54 Å². The van der Waals surface area contributed by atoms with Crippen molar-refractivity contribution in [3.8, 4) is 0 Å². The van der Waals surface area contributed by atoms with Crippen LogP contribution in [0.25, 0.3) is 0 Å². The van der Waals surface area contributed by atoms with Crippen LogP contribution < -0.4 is 5.32 Å². The maximum Gasteiger partial charge on any atom is 0.453 e. The van der Waals surface area contributed by atoms with Gasteiger partial charge in [-0.2, -0.15) is 18.2 Å². The molecule has 0 saturated carbocycles. The Labute approximate surface area is 86.5 Å². The summed E-state index contributed by atoms with van der Waals surface area (Å²) in [6.45, 7) is 0.158. The maximum atomic E-state index is 12.5. The molecule has 1 unspecified atom stereocenters. The lowest BCUT2D eigenvalue weighted by atomic mass is 10.2. The molecule has 0 aliphatic carbocycles. The van der Waals surface area contributed by atoms with Crippen molar-refractivity contribution >= 4 is 5.95 Å². The van der Waals surface area contributed by atoms with E-state index in [1.54, 1.807) is 0 Å². The van der Waals surface area contributed by atoms with Gasteiger partial charge in [0.05, 0.1) is 0 Å². The lowest BCUT2D eigenvalue weighted by Crippen LogP contribution is -2.28. The molecule has 0 aromatic carbocycles. The van der Waals surface area contributed by atoms with Crippen molar-refractivity contribution in [3.63, 3.8) is 0 Å². The molecule has 90 valence electrons. The summed E-state index contributed by atoms with van der Waals surface area (Å²) < 4.78 is 62.4. The molecule has 2 rings (SSSR count). The second kappa shape index (κ2) is 3.56. The third-order valence-corrected chi connectivity index (χ3v) is 2.21. The van der Waals surface area contributed by atoms with Crippen LogP contribution in [0.4, 0.5) is 27.9 Å². The van der Waals surface area contributed by atoms with Crippen LogP contribution in [0, 0.1) is 0 Å². The Bertz CT molecular complexity index is 385. The van der Waals surface area contributed by atoms with E-state index >= 15 is 0 Å².